The van der Waals surface area contributed by atoms with Gasteiger partial charge in [-0.1, -0.05) is 12.1 Å². The van der Waals surface area contributed by atoms with Gasteiger partial charge in [-0.25, -0.2) is 0 Å². The highest BCUT2D eigenvalue weighted by atomic mass is 19.4. The highest BCUT2D eigenvalue weighted by molar-refractivity contribution is 5.95. The van der Waals surface area contributed by atoms with Crippen LogP contribution in [0.5, 0.6) is 0 Å². The summed E-state index contributed by atoms with van der Waals surface area (Å²) >= 11 is 0. The zero-order valence-corrected chi connectivity index (χ0v) is 16.2. The van der Waals surface area contributed by atoms with Gasteiger partial charge in [-0.15, -0.1) is 0 Å². The normalized spacial score (nSPS) is 13.7. The van der Waals surface area contributed by atoms with Crippen LogP contribution in [0.15, 0.2) is 36.4 Å². The van der Waals surface area contributed by atoms with Crippen LogP contribution in [0.2, 0.25) is 0 Å². The number of alkyl halides is 3. The molecular formula is C20H21F3N4O2. The van der Waals surface area contributed by atoms with Crippen LogP contribution in [-0.4, -0.2) is 32.1 Å². The molecule has 6 nitrogen and oxygen atoms in total. The maximum atomic E-state index is 12.6. The van der Waals surface area contributed by atoms with Crippen molar-refractivity contribution in [2.45, 2.75) is 25.9 Å². The van der Waals surface area contributed by atoms with Crippen LogP contribution in [-0.2, 0) is 22.4 Å². The predicted octanol–water partition coefficient (Wildman–Crippen LogP) is 3.73. The average molecular weight is 406 g/mol. The van der Waals surface area contributed by atoms with E-state index in [0.29, 0.717) is 17.8 Å². The number of rotatable bonds is 2. The molecule has 0 atom stereocenters. The monoisotopic (exact) mass is 406 g/mol. The molecule has 0 saturated heterocycles. The van der Waals surface area contributed by atoms with Gasteiger partial charge in [0.1, 0.15) is 0 Å². The van der Waals surface area contributed by atoms with E-state index in [1.165, 1.54) is 19.1 Å². The van der Waals surface area contributed by atoms with Gasteiger partial charge in [0.2, 0.25) is 5.91 Å². The van der Waals surface area contributed by atoms with E-state index in [4.69, 9.17) is 0 Å². The molecule has 1 aliphatic rings. The van der Waals surface area contributed by atoms with Gasteiger partial charge < -0.3 is 10.6 Å². The largest absolute Gasteiger partial charge is 0.471 e. The Morgan fingerprint density at radius 3 is 1.72 bits per heavy atom. The van der Waals surface area contributed by atoms with E-state index in [-0.39, 0.29) is 11.6 Å². The average Bonchev–Trinajstić information content (AvgIpc) is 2.64. The number of fused-ring (bicyclic) bond motifs is 2. The third-order valence-electron chi connectivity index (χ3n) is 4.82. The number of nitrogens with one attached hydrogen (secondary N) is 2. The SMILES string of the molecule is CC(=O)Nc1ccc2c(c1)N(C)N(C)c1cc(NC(=O)C(F)(F)F)ccc1CC2. The second-order valence-corrected chi connectivity index (χ2v) is 6.87. The van der Waals surface area contributed by atoms with Gasteiger partial charge in [-0.3, -0.25) is 19.6 Å². The molecule has 0 unspecified atom stereocenters. The molecule has 9 heteroatoms. The Morgan fingerprint density at radius 1 is 0.862 bits per heavy atom. The number of carbonyl (C=O) groups excluding carboxylic acids is 2. The number of benzene rings is 2. The van der Waals surface area contributed by atoms with Gasteiger partial charge in [0, 0.05) is 32.4 Å². The molecule has 2 amide bonds. The first-order valence-electron chi connectivity index (χ1n) is 8.95. The van der Waals surface area contributed by atoms with E-state index in [1.807, 2.05) is 35.6 Å². The molecule has 0 bridgehead atoms. The summed E-state index contributed by atoms with van der Waals surface area (Å²) in [4.78, 5) is 22.6. The fraction of sp³-hybridized carbons (Fsp3) is 0.300. The van der Waals surface area contributed by atoms with Crippen LogP contribution in [0.4, 0.5) is 35.9 Å². The summed E-state index contributed by atoms with van der Waals surface area (Å²) in [7, 11) is 3.61. The van der Waals surface area contributed by atoms with E-state index in [2.05, 4.69) is 5.32 Å². The van der Waals surface area contributed by atoms with Crippen LogP contribution in [0.3, 0.4) is 0 Å². The first-order valence-corrected chi connectivity index (χ1v) is 8.95. The lowest BCUT2D eigenvalue weighted by Gasteiger charge is -2.37. The molecule has 1 heterocycles. The summed E-state index contributed by atoms with van der Waals surface area (Å²) in [6.45, 7) is 1.43. The van der Waals surface area contributed by atoms with Crippen molar-refractivity contribution in [2.75, 3.05) is 34.7 Å². The van der Waals surface area contributed by atoms with Crippen LogP contribution >= 0.6 is 0 Å². The third kappa shape index (κ3) is 4.44. The van der Waals surface area contributed by atoms with Crippen molar-refractivity contribution in [2.24, 2.45) is 0 Å². The summed E-state index contributed by atoms with van der Waals surface area (Å²) < 4.78 is 37.7. The number of hydrazine groups is 1. The van der Waals surface area contributed by atoms with Gasteiger partial charge in [-0.2, -0.15) is 13.2 Å². The molecule has 2 aromatic rings. The quantitative estimate of drug-likeness (QED) is 0.798. The van der Waals surface area contributed by atoms with Gasteiger partial charge in [0.05, 0.1) is 11.4 Å². The Kier molecular flexibility index (Phi) is 5.41. The summed E-state index contributed by atoms with van der Waals surface area (Å²) in [5.74, 6) is -2.19. The molecule has 3 rings (SSSR count). The lowest BCUT2D eigenvalue weighted by atomic mass is 9.99. The van der Waals surface area contributed by atoms with Crippen LogP contribution in [0.1, 0.15) is 18.1 Å². The van der Waals surface area contributed by atoms with E-state index >= 15 is 0 Å². The molecule has 0 aromatic heterocycles. The van der Waals surface area contributed by atoms with Crippen molar-refractivity contribution in [3.8, 4) is 0 Å². The minimum Gasteiger partial charge on any atom is -0.326 e. The van der Waals surface area contributed by atoms with Crippen molar-refractivity contribution >= 4 is 34.6 Å². The lowest BCUT2D eigenvalue weighted by molar-refractivity contribution is -0.167. The number of hydrogen-bond acceptors (Lipinski definition) is 4. The maximum absolute atomic E-state index is 12.6. The zero-order valence-electron chi connectivity index (χ0n) is 16.2. The Balaban J connectivity index is 1.94. The topological polar surface area (TPSA) is 64.7 Å². The molecule has 154 valence electrons. The molecular weight excluding hydrogens is 385 g/mol. The molecule has 0 spiro atoms. The minimum atomic E-state index is -4.95. The van der Waals surface area contributed by atoms with Gasteiger partial charge in [0.25, 0.3) is 0 Å². The second kappa shape index (κ2) is 7.65. The first-order chi connectivity index (χ1) is 13.6. The van der Waals surface area contributed by atoms with Crippen LogP contribution < -0.4 is 20.7 Å². The van der Waals surface area contributed by atoms with Gasteiger partial charge in [-0.05, 0) is 48.2 Å². The smallest absolute Gasteiger partial charge is 0.326 e. The van der Waals surface area contributed by atoms with Gasteiger partial charge >= 0.3 is 12.1 Å². The standard InChI is InChI=1S/C20H21F3N4O2/c1-12(28)24-15-8-6-13-4-5-14-7-9-16(25-19(29)20(21,22)23)11-18(14)27(3)26(2)17(13)10-15/h6-11H,4-5H2,1-3H3,(H,24,28)(H,25,29). The van der Waals surface area contributed by atoms with Crippen molar-refractivity contribution in [3.63, 3.8) is 0 Å². The second-order valence-electron chi connectivity index (χ2n) is 6.87. The molecule has 29 heavy (non-hydrogen) atoms. The first kappa shape index (κ1) is 20.5. The molecule has 2 aromatic carbocycles. The molecule has 1 aliphatic heterocycles. The number of halogens is 3. The van der Waals surface area contributed by atoms with E-state index in [9.17, 15) is 22.8 Å². The van der Waals surface area contributed by atoms with Crippen molar-refractivity contribution in [1.29, 1.82) is 0 Å². The number of anilines is 4. The number of nitrogens with zero attached hydrogens (tertiary/aromatic N) is 2. The van der Waals surface area contributed by atoms with E-state index < -0.39 is 12.1 Å². The fourth-order valence-electron chi connectivity index (χ4n) is 3.31. The fourth-order valence-corrected chi connectivity index (χ4v) is 3.31. The Morgan fingerprint density at radius 2 is 1.31 bits per heavy atom. The molecule has 2 N–H and O–H groups in total. The maximum Gasteiger partial charge on any atom is 0.471 e. The molecule has 0 radical (unpaired) electrons. The minimum absolute atomic E-state index is 0.0686. The Labute approximate surface area is 166 Å². The Hall–Kier alpha value is -3.23. The number of hydrogen-bond donors (Lipinski definition) is 2. The van der Waals surface area contributed by atoms with E-state index in [0.717, 1.165) is 23.2 Å². The highest BCUT2D eigenvalue weighted by Gasteiger charge is 2.38. The lowest BCUT2D eigenvalue weighted by Crippen LogP contribution is -2.39. The van der Waals surface area contributed by atoms with Crippen molar-refractivity contribution < 1.29 is 22.8 Å². The predicted molar refractivity (Wildman–Crippen MR) is 106 cm³/mol. The summed E-state index contributed by atoms with van der Waals surface area (Å²) in [6.07, 6.45) is -3.56. The summed E-state index contributed by atoms with van der Waals surface area (Å²) in [6, 6.07) is 10.4. The van der Waals surface area contributed by atoms with Crippen LogP contribution in [0, 0.1) is 0 Å². The van der Waals surface area contributed by atoms with E-state index in [1.54, 1.807) is 18.1 Å². The Bertz CT molecular complexity index is 959. The number of carbonyl (C=O) groups is 2. The van der Waals surface area contributed by atoms with Crippen molar-refractivity contribution in [1.82, 2.24) is 0 Å². The van der Waals surface area contributed by atoms with Gasteiger partial charge in [0.15, 0.2) is 0 Å². The number of amides is 2. The summed E-state index contributed by atoms with van der Waals surface area (Å²) in [5, 5.41) is 8.30. The molecule has 0 saturated carbocycles. The number of aryl methyl sites for hydroxylation is 2. The zero-order chi connectivity index (χ0) is 21.3. The molecule has 0 fully saturated rings. The summed E-state index contributed by atoms with van der Waals surface area (Å²) in [5.41, 5.74) is 4.30. The molecule has 0 aliphatic carbocycles. The highest BCUT2D eigenvalue weighted by Crippen LogP contribution is 2.34. The van der Waals surface area contributed by atoms with Crippen molar-refractivity contribution in [3.05, 3.63) is 47.5 Å². The third-order valence-corrected chi connectivity index (χ3v) is 4.82. The van der Waals surface area contributed by atoms with Crippen LogP contribution in [0.25, 0.3) is 0 Å².